The second-order valence-corrected chi connectivity index (χ2v) is 7.06. The van der Waals surface area contributed by atoms with Crippen molar-refractivity contribution in [2.75, 3.05) is 31.2 Å². The van der Waals surface area contributed by atoms with Crippen molar-refractivity contribution in [1.82, 2.24) is 4.90 Å². The Hall–Kier alpha value is -1.99. The minimum atomic E-state index is -0.167. The first-order valence-corrected chi connectivity index (χ1v) is 9.16. The van der Waals surface area contributed by atoms with E-state index >= 15 is 0 Å². The molecule has 2 atom stereocenters. The molecular weight excluding hydrogens is 413 g/mol. The molecule has 1 aliphatic heterocycles. The van der Waals surface area contributed by atoms with Gasteiger partial charge in [0.2, 0.25) is 0 Å². The summed E-state index contributed by atoms with van der Waals surface area (Å²) in [6.45, 7) is 6.90. The summed E-state index contributed by atoms with van der Waals surface area (Å²) in [6.07, 6.45) is 0.492. The number of amides is 1. The van der Waals surface area contributed by atoms with Gasteiger partial charge in [0, 0.05) is 30.9 Å². The smallest absolute Gasteiger partial charge is 0.255 e. The van der Waals surface area contributed by atoms with Crippen LogP contribution in [0, 0.1) is 0 Å². The van der Waals surface area contributed by atoms with E-state index in [9.17, 15) is 4.79 Å². The number of carbonyl (C=O) groups is 1. The summed E-state index contributed by atoms with van der Waals surface area (Å²) in [4.78, 5) is 14.8. The van der Waals surface area contributed by atoms with Gasteiger partial charge >= 0.3 is 0 Å². The third-order valence-electron chi connectivity index (χ3n) is 4.61. The number of halogens is 2. The summed E-state index contributed by atoms with van der Waals surface area (Å²) < 4.78 is 10.9. The molecule has 1 saturated heterocycles. The SMILES string of the molecule is COc1ccc(NC(=O)c2ccc(CN3CC(C)OC(C)C3)cc2)cc1N.Cl.Cl. The van der Waals surface area contributed by atoms with E-state index in [0.29, 0.717) is 22.7 Å². The number of ether oxygens (including phenoxy) is 2. The van der Waals surface area contributed by atoms with Crippen molar-refractivity contribution in [1.29, 1.82) is 0 Å². The topological polar surface area (TPSA) is 76.8 Å². The van der Waals surface area contributed by atoms with Gasteiger partial charge in [-0.05, 0) is 49.7 Å². The van der Waals surface area contributed by atoms with Crippen LogP contribution < -0.4 is 15.8 Å². The number of hydrogen-bond acceptors (Lipinski definition) is 5. The quantitative estimate of drug-likeness (QED) is 0.685. The minimum Gasteiger partial charge on any atom is -0.495 e. The Morgan fingerprint density at radius 2 is 1.76 bits per heavy atom. The lowest BCUT2D eigenvalue weighted by Crippen LogP contribution is -2.44. The molecule has 0 radical (unpaired) electrons. The summed E-state index contributed by atoms with van der Waals surface area (Å²) in [5.41, 5.74) is 8.80. The van der Waals surface area contributed by atoms with Crippen LogP contribution >= 0.6 is 24.8 Å². The highest BCUT2D eigenvalue weighted by molar-refractivity contribution is 6.04. The van der Waals surface area contributed by atoms with E-state index in [0.717, 1.165) is 19.6 Å². The van der Waals surface area contributed by atoms with E-state index in [4.69, 9.17) is 15.2 Å². The number of anilines is 2. The van der Waals surface area contributed by atoms with Gasteiger partial charge in [-0.25, -0.2) is 0 Å². The predicted octanol–water partition coefficient (Wildman–Crippen LogP) is 3.98. The van der Waals surface area contributed by atoms with Crippen molar-refractivity contribution in [2.45, 2.75) is 32.6 Å². The predicted molar refractivity (Wildman–Crippen MR) is 122 cm³/mol. The molecule has 2 unspecified atom stereocenters. The number of hydrogen-bond donors (Lipinski definition) is 2. The summed E-state index contributed by atoms with van der Waals surface area (Å²) in [5, 5.41) is 2.86. The average molecular weight is 442 g/mol. The van der Waals surface area contributed by atoms with Gasteiger partial charge in [0.05, 0.1) is 25.0 Å². The van der Waals surface area contributed by atoms with Crippen LogP contribution in [0.15, 0.2) is 42.5 Å². The number of benzene rings is 2. The van der Waals surface area contributed by atoms with Crippen LogP contribution in [-0.2, 0) is 11.3 Å². The zero-order valence-corrected chi connectivity index (χ0v) is 18.5. The van der Waals surface area contributed by atoms with Gasteiger partial charge in [-0.3, -0.25) is 9.69 Å². The van der Waals surface area contributed by atoms with Crippen LogP contribution in [0.2, 0.25) is 0 Å². The van der Waals surface area contributed by atoms with E-state index in [-0.39, 0.29) is 42.9 Å². The van der Waals surface area contributed by atoms with Gasteiger partial charge in [0.25, 0.3) is 5.91 Å². The fourth-order valence-electron chi connectivity index (χ4n) is 3.45. The molecule has 1 heterocycles. The monoisotopic (exact) mass is 441 g/mol. The molecule has 0 spiro atoms. The van der Waals surface area contributed by atoms with Gasteiger partial charge in [-0.15, -0.1) is 24.8 Å². The summed E-state index contributed by atoms with van der Waals surface area (Å²) in [5.74, 6) is 0.420. The first kappa shape index (κ1) is 25.0. The fourth-order valence-corrected chi connectivity index (χ4v) is 3.45. The largest absolute Gasteiger partial charge is 0.495 e. The molecule has 0 aromatic heterocycles. The number of nitrogens with one attached hydrogen (secondary N) is 1. The highest BCUT2D eigenvalue weighted by Gasteiger charge is 2.22. The highest BCUT2D eigenvalue weighted by Crippen LogP contribution is 2.25. The Balaban J connectivity index is 0.00000210. The van der Waals surface area contributed by atoms with Crippen molar-refractivity contribution >= 4 is 42.1 Å². The Bertz CT molecular complexity index is 792. The molecule has 0 aliphatic carbocycles. The first-order valence-electron chi connectivity index (χ1n) is 9.16. The molecule has 1 aliphatic rings. The average Bonchev–Trinajstić information content (AvgIpc) is 2.61. The van der Waals surface area contributed by atoms with Crippen molar-refractivity contribution in [3.8, 4) is 5.75 Å². The molecular formula is C21H29Cl2N3O3. The molecule has 3 N–H and O–H groups in total. The minimum absolute atomic E-state index is 0. The van der Waals surface area contributed by atoms with Gasteiger partial charge in [0.15, 0.2) is 0 Å². The van der Waals surface area contributed by atoms with E-state index in [2.05, 4.69) is 24.1 Å². The van der Waals surface area contributed by atoms with Crippen LogP contribution in [0.4, 0.5) is 11.4 Å². The van der Waals surface area contributed by atoms with E-state index in [1.165, 1.54) is 5.56 Å². The summed E-state index contributed by atoms with van der Waals surface area (Å²) in [7, 11) is 1.56. The number of carbonyl (C=O) groups excluding carboxylic acids is 1. The van der Waals surface area contributed by atoms with Crippen LogP contribution in [0.3, 0.4) is 0 Å². The molecule has 6 nitrogen and oxygen atoms in total. The van der Waals surface area contributed by atoms with Gasteiger partial charge in [0.1, 0.15) is 5.75 Å². The van der Waals surface area contributed by atoms with Crippen LogP contribution in [0.25, 0.3) is 0 Å². The number of rotatable bonds is 5. The van der Waals surface area contributed by atoms with Crippen LogP contribution in [0.1, 0.15) is 29.8 Å². The fraction of sp³-hybridized carbons (Fsp3) is 0.381. The Labute approximate surface area is 184 Å². The summed E-state index contributed by atoms with van der Waals surface area (Å²) in [6, 6.07) is 12.9. The van der Waals surface area contributed by atoms with E-state index < -0.39 is 0 Å². The lowest BCUT2D eigenvalue weighted by Gasteiger charge is -2.35. The van der Waals surface area contributed by atoms with Crippen molar-refractivity contribution in [2.24, 2.45) is 0 Å². The van der Waals surface area contributed by atoms with Gasteiger partial charge in [-0.2, -0.15) is 0 Å². The normalized spacial score (nSPS) is 18.9. The molecule has 29 heavy (non-hydrogen) atoms. The third kappa shape index (κ3) is 6.78. The number of nitrogens with zero attached hydrogens (tertiary/aromatic N) is 1. The molecule has 8 heteroatoms. The van der Waals surface area contributed by atoms with Gasteiger partial charge < -0.3 is 20.5 Å². The van der Waals surface area contributed by atoms with Crippen LogP contribution in [0.5, 0.6) is 5.75 Å². The highest BCUT2D eigenvalue weighted by atomic mass is 35.5. The third-order valence-corrected chi connectivity index (χ3v) is 4.61. The zero-order chi connectivity index (χ0) is 19.4. The summed E-state index contributed by atoms with van der Waals surface area (Å²) >= 11 is 0. The molecule has 2 aromatic carbocycles. The maximum Gasteiger partial charge on any atom is 0.255 e. The molecule has 2 aromatic rings. The molecule has 1 fully saturated rings. The molecule has 1 amide bonds. The Morgan fingerprint density at radius 1 is 1.14 bits per heavy atom. The van der Waals surface area contributed by atoms with Crippen molar-refractivity contribution < 1.29 is 14.3 Å². The number of nitrogens with two attached hydrogens (primary N) is 1. The number of nitrogen functional groups attached to an aromatic ring is 1. The lowest BCUT2D eigenvalue weighted by molar-refractivity contribution is -0.0704. The maximum atomic E-state index is 12.5. The number of morpholine rings is 1. The maximum absolute atomic E-state index is 12.5. The zero-order valence-electron chi connectivity index (χ0n) is 16.9. The Morgan fingerprint density at radius 3 is 2.31 bits per heavy atom. The lowest BCUT2D eigenvalue weighted by atomic mass is 10.1. The second-order valence-electron chi connectivity index (χ2n) is 7.06. The second kappa shape index (κ2) is 11.3. The first-order chi connectivity index (χ1) is 12.9. The van der Waals surface area contributed by atoms with E-state index in [1.807, 2.05) is 24.3 Å². The molecule has 3 rings (SSSR count). The molecule has 0 saturated carbocycles. The Kier molecular flexibility index (Phi) is 9.73. The van der Waals surface area contributed by atoms with E-state index in [1.54, 1.807) is 25.3 Å². The van der Waals surface area contributed by atoms with Crippen LogP contribution in [-0.4, -0.2) is 43.2 Å². The molecule has 160 valence electrons. The van der Waals surface area contributed by atoms with Gasteiger partial charge in [-0.1, -0.05) is 12.1 Å². The molecule has 0 bridgehead atoms. The van der Waals surface area contributed by atoms with Crippen molar-refractivity contribution in [3.05, 3.63) is 53.6 Å². The standard InChI is InChI=1S/C21H27N3O3.2ClH/c1-14-11-24(12-15(2)27-14)13-16-4-6-17(7-5-16)21(25)23-18-8-9-20(26-3)19(22)10-18;;/h4-10,14-15H,11-13,22H2,1-3H3,(H,23,25);2*1H. The van der Waals surface area contributed by atoms with Crippen molar-refractivity contribution in [3.63, 3.8) is 0 Å². The number of methoxy groups -OCH3 is 1.